The van der Waals surface area contributed by atoms with Gasteiger partial charge in [-0.25, -0.2) is 26.3 Å². The Hall–Kier alpha value is -5.13. The molecular formula is C39H27F11O. The zero-order valence-corrected chi connectivity index (χ0v) is 26.6. The Morgan fingerprint density at radius 2 is 1.06 bits per heavy atom. The van der Waals surface area contributed by atoms with Gasteiger partial charge < -0.3 is 4.74 Å². The molecule has 1 nitrogen and oxygen atoms in total. The fourth-order valence-corrected chi connectivity index (χ4v) is 5.44. The van der Waals surface area contributed by atoms with Crippen molar-refractivity contribution in [1.82, 2.24) is 0 Å². The van der Waals surface area contributed by atoms with E-state index in [-0.39, 0.29) is 46.5 Å². The van der Waals surface area contributed by atoms with Crippen LogP contribution in [0.5, 0.6) is 5.75 Å². The summed E-state index contributed by atoms with van der Waals surface area (Å²) >= 11 is 0. The molecule has 0 saturated carbocycles. The highest BCUT2D eigenvalue weighted by molar-refractivity contribution is 5.75. The van der Waals surface area contributed by atoms with E-state index < -0.39 is 64.1 Å². The lowest BCUT2D eigenvalue weighted by molar-refractivity contribution is -0.143. The minimum atomic E-state index is -5.45. The van der Waals surface area contributed by atoms with E-state index in [1.165, 1.54) is 29.8 Å². The van der Waals surface area contributed by atoms with Gasteiger partial charge in [0.25, 0.3) is 0 Å². The third-order valence-corrected chi connectivity index (χ3v) is 7.99. The summed E-state index contributed by atoms with van der Waals surface area (Å²) in [5.41, 5.74) is -1.16. The molecule has 0 aliphatic rings. The van der Waals surface area contributed by atoms with Gasteiger partial charge in [0, 0.05) is 34.9 Å². The van der Waals surface area contributed by atoms with Crippen LogP contribution in [0.15, 0.2) is 91.0 Å². The number of alkyl halides is 5. The van der Waals surface area contributed by atoms with Crippen LogP contribution < -0.4 is 4.74 Å². The summed E-state index contributed by atoms with van der Waals surface area (Å²) in [5.74, 6) is -10.2. The van der Waals surface area contributed by atoms with Gasteiger partial charge in [0.2, 0.25) is 0 Å². The predicted octanol–water partition coefficient (Wildman–Crippen LogP) is 13.0. The molecule has 0 heterocycles. The highest BCUT2D eigenvalue weighted by Crippen LogP contribution is 2.37. The van der Waals surface area contributed by atoms with Crippen LogP contribution in [0.1, 0.15) is 42.9 Å². The van der Waals surface area contributed by atoms with E-state index in [1.807, 2.05) is 24.3 Å². The Morgan fingerprint density at radius 1 is 0.549 bits per heavy atom. The average Bonchev–Trinajstić information content (AvgIpc) is 3.03. The lowest BCUT2D eigenvalue weighted by Gasteiger charge is -2.16. The van der Waals surface area contributed by atoms with Crippen LogP contribution in [0, 0.1) is 34.9 Å². The van der Waals surface area contributed by atoms with Gasteiger partial charge in [0.15, 0.2) is 0 Å². The van der Waals surface area contributed by atoms with Gasteiger partial charge in [-0.15, -0.1) is 0 Å². The average molecular weight is 721 g/mol. The number of rotatable bonds is 11. The molecule has 51 heavy (non-hydrogen) atoms. The molecule has 0 aliphatic heterocycles. The molecule has 0 aromatic heterocycles. The topological polar surface area (TPSA) is 9.23 Å². The number of benzene rings is 5. The number of unbranched alkanes of at least 4 members (excludes halogenated alkanes) is 2. The maximum Gasteiger partial charge on any atom is 0.422 e. The molecule has 266 valence electrons. The summed E-state index contributed by atoms with van der Waals surface area (Å²) in [6, 6.07) is 16.8. The lowest BCUT2D eigenvalue weighted by atomic mass is 9.96. The second-order valence-electron chi connectivity index (χ2n) is 11.7. The molecule has 0 spiro atoms. The van der Waals surface area contributed by atoms with Crippen molar-refractivity contribution in [1.29, 1.82) is 0 Å². The van der Waals surface area contributed by atoms with Gasteiger partial charge in [0.05, 0.1) is 0 Å². The number of ether oxygens (including phenoxy) is 1. The Labute approximate surface area is 285 Å². The van der Waals surface area contributed by atoms with Crippen LogP contribution in [-0.2, 0) is 12.6 Å². The SMILES string of the molecule is CCCCCc1ccc(-c2ccc(-c3ccc(-c4cc(F)c(C=CC(F)(F)Oc5cc(F)c(C(F)(F)F)c(F)c5)c(F)c4)c(F)c3)c(F)c2)cc1. The molecule has 5 rings (SSSR count). The monoisotopic (exact) mass is 720 g/mol. The van der Waals surface area contributed by atoms with Crippen molar-refractivity contribution in [3.05, 3.63) is 143 Å². The van der Waals surface area contributed by atoms with E-state index in [4.69, 9.17) is 0 Å². The van der Waals surface area contributed by atoms with Crippen LogP contribution in [0.4, 0.5) is 48.3 Å². The number of hydrogen-bond acceptors (Lipinski definition) is 1. The molecule has 0 saturated heterocycles. The van der Waals surface area contributed by atoms with Crippen molar-refractivity contribution >= 4 is 6.08 Å². The highest BCUT2D eigenvalue weighted by Gasteiger charge is 2.39. The van der Waals surface area contributed by atoms with E-state index in [2.05, 4.69) is 11.7 Å². The highest BCUT2D eigenvalue weighted by atomic mass is 19.4. The third kappa shape index (κ3) is 8.79. The normalized spacial score (nSPS) is 12.2. The smallest absolute Gasteiger partial charge is 0.422 e. The van der Waals surface area contributed by atoms with E-state index >= 15 is 8.78 Å². The zero-order valence-electron chi connectivity index (χ0n) is 26.6. The van der Waals surface area contributed by atoms with Crippen molar-refractivity contribution in [2.24, 2.45) is 0 Å². The first-order valence-corrected chi connectivity index (χ1v) is 15.6. The van der Waals surface area contributed by atoms with Gasteiger partial charge >= 0.3 is 12.3 Å². The summed E-state index contributed by atoms with van der Waals surface area (Å²) in [7, 11) is 0. The molecule has 0 fully saturated rings. The van der Waals surface area contributed by atoms with Gasteiger partial charge in [-0.2, -0.15) is 22.0 Å². The number of aryl methyl sites for hydroxylation is 1. The van der Waals surface area contributed by atoms with E-state index in [9.17, 15) is 39.5 Å². The van der Waals surface area contributed by atoms with Gasteiger partial charge in [-0.1, -0.05) is 68.3 Å². The van der Waals surface area contributed by atoms with Gasteiger partial charge in [-0.05, 0) is 71.0 Å². The second kappa shape index (κ2) is 15.0. The quantitative estimate of drug-likeness (QED) is 0.0975. The first-order chi connectivity index (χ1) is 24.1. The Kier molecular flexibility index (Phi) is 10.9. The van der Waals surface area contributed by atoms with Crippen molar-refractivity contribution in [2.45, 2.75) is 44.9 Å². The summed E-state index contributed by atoms with van der Waals surface area (Å²) in [5, 5.41) is 0. The number of hydrogen-bond donors (Lipinski definition) is 0. The summed E-state index contributed by atoms with van der Waals surface area (Å²) in [6.07, 6.45) is -5.64. The standard InChI is InChI=1S/C39H27F11O/c1-2-3-4-5-22-6-8-23(9-7-22)24-10-12-28(31(40)16-24)25-11-13-29(32(41)17-25)26-18-33(42)30(34(43)19-26)14-15-38(46,47)51-27-20-35(44)37(36(45)21-27)39(48,49)50/h6-21H,2-5H2,1H3. The van der Waals surface area contributed by atoms with Crippen LogP contribution in [0.2, 0.25) is 0 Å². The Balaban J connectivity index is 1.32. The predicted molar refractivity (Wildman–Crippen MR) is 172 cm³/mol. The van der Waals surface area contributed by atoms with Gasteiger partial charge in [-0.3, -0.25) is 0 Å². The molecule has 0 N–H and O–H groups in total. The molecule has 0 radical (unpaired) electrons. The van der Waals surface area contributed by atoms with Crippen LogP contribution >= 0.6 is 0 Å². The molecule has 5 aromatic rings. The molecule has 12 heteroatoms. The van der Waals surface area contributed by atoms with Crippen molar-refractivity contribution in [2.75, 3.05) is 0 Å². The summed E-state index contributed by atoms with van der Waals surface area (Å²) in [6.45, 7) is 2.13. The van der Waals surface area contributed by atoms with Crippen molar-refractivity contribution in [3.63, 3.8) is 0 Å². The maximum absolute atomic E-state index is 15.3. The molecule has 0 aliphatic carbocycles. The second-order valence-corrected chi connectivity index (χ2v) is 11.7. The van der Waals surface area contributed by atoms with E-state index in [0.717, 1.165) is 37.3 Å². The molecule has 0 atom stereocenters. The number of halogens is 11. The Bertz CT molecular complexity index is 2020. The fraction of sp³-hybridized carbons (Fsp3) is 0.179. The summed E-state index contributed by atoms with van der Waals surface area (Å²) < 4.78 is 159. The maximum atomic E-state index is 15.3. The lowest BCUT2D eigenvalue weighted by Crippen LogP contribution is -2.22. The van der Waals surface area contributed by atoms with Crippen molar-refractivity contribution < 1.29 is 53.0 Å². The van der Waals surface area contributed by atoms with Crippen molar-refractivity contribution in [3.8, 4) is 39.1 Å². The Morgan fingerprint density at radius 3 is 1.61 bits per heavy atom. The minimum absolute atomic E-state index is 0.0724. The van der Waals surface area contributed by atoms with E-state index in [1.54, 1.807) is 6.07 Å². The van der Waals surface area contributed by atoms with Crippen LogP contribution in [0.3, 0.4) is 0 Å². The van der Waals surface area contributed by atoms with Crippen LogP contribution in [0.25, 0.3) is 39.5 Å². The summed E-state index contributed by atoms with van der Waals surface area (Å²) in [4.78, 5) is 0. The minimum Gasteiger partial charge on any atom is -0.429 e. The third-order valence-electron chi connectivity index (χ3n) is 7.99. The zero-order chi connectivity index (χ0) is 37.1. The first-order valence-electron chi connectivity index (χ1n) is 15.6. The van der Waals surface area contributed by atoms with Gasteiger partial charge in [0.1, 0.15) is 46.2 Å². The molecule has 0 unspecified atom stereocenters. The van der Waals surface area contributed by atoms with E-state index in [0.29, 0.717) is 17.7 Å². The largest absolute Gasteiger partial charge is 0.429 e. The van der Waals surface area contributed by atoms with Crippen LogP contribution in [-0.4, -0.2) is 6.11 Å². The molecular weight excluding hydrogens is 693 g/mol. The molecule has 0 bridgehead atoms. The first kappa shape index (κ1) is 37.1. The fourth-order valence-electron chi connectivity index (χ4n) is 5.44. The molecule has 0 amide bonds. The molecule has 5 aromatic carbocycles.